The van der Waals surface area contributed by atoms with E-state index in [9.17, 15) is 9.90 Å². The number of aromatic nitrogens is 1. The molecule has 21 heavy (non-hydrogen) atoms. The summed E-state index contributed by atoms with van der Waals surface area (Å²) in [5, 5.41) is 13.6. The van der Waals surface area contributed by atoms with Crippen molar-refractivity contribution in [1.29, 1.82) is 0 Å². The summed E-state index contributed by atoms with van der Waals surface area (Å²) < 4.78 is 5.31. The second-order valence-corrected chi connectivity index (χ2v) is 7.34. The molecule has 118 valence electrons. The molecule has 0 radical (unpaired) electrons. The third-order valence-corrected chi connectivity index (χ3v) is 4.82. The second-order valence-electron chi connectivity index (χ2n) is 7.34. The van der Waals surface area contributed by atoms with Gasteiger partial charge in [-0.25, -0.2) is 4.79 Å². The molecular formula is C17H27NO3. The van der Waals surface area contributed by atoms with Crippen molar-refractivity contribution < 1.29 is 14.4 Å². The van der Waals surface area contributed by atoms with Gasteiger partial charge in [-0.05, 0) is 43.4 Å². The van der Waals surface area contributed by atoms with E-state index in [0.717, 1.165) is 32.1 Å². The Labute approximate surface area is 126 Å². The van der Waals surface area contributed by atoms with Gasteiger partial charge < -0.3 is 9.63 Å². The molecule has 4 nitrogen and oxygen atoms in total. The molecule has 1 aromatic heterocycles. The lowest BCUT2D eigenvalue weighted by molar-refractivity contribution is 0.0692. The average Bonchev–Trinajstić information content (AvgIpc) is 2.82. The summed E-state index contributed by atoms with van der Waals surface area (Å²) in [5.41, 5.74) is 1.34. The molecule has 4 heteroatoms. The molecule has 1 heterocycles. The summed E-state index contributed by atoms with van der Waals surface area (Å²) in [5.74, 6) is 0.596. The first-order chi connectivity index (χ1) is 9.84. The van der Waals surface area contributed by atoms with E-state index in [4.69, 9.17) is 4.52 Å². The fraction of sp³-hybridized carbons (Fsp3) is 0.765. The highest BCUT2D eigenvalue weighted by Crippen LogP contribution is 2.43. The molecule has 0 aromatic carbocycles. The van der Waals surface area contributed by atoms with E-state index in [2.05, 4.69) is 25.9 Å². The minimum Gasteiger partial charge on any atom is -0.477 e. The predicted molar refractivity (Wildman–Crippen MR) is 81.6 cm³/mol. The normalized spacial score (nSPS) is 23.2. The Morgan fingerprint density at radius 2 is 1.90 bits per heavy atom. The minimum absolute atomic E-state index is 0.240. The lowest BCUT2D eigenvalue weighted by atomic mass is 9.69. The van der Waals surface area contributed by atoms with Crippen LogP contribution in [0.4, 0.5) is 0 Å². The van der Waals surface area contributed by atoms with Gasteiger partial charge in [0.05, 0.1) is 0 Å². The first-order valence-electron chi connectivity index (χ1n) is 8.06. The standard InChI is InChI=1S/C17H27NO3/c1-5-6-13-14(16(19)20)15(18-21-13)11-7-9-12(10-8-11)17(2,3)4/h11-12H,5-10H2,1-4H3,(H,19,20). The van der Waals surface area contributed by atoms with Gasteiger partial charge in [0.2, 0.25) is 0 Å². The fourth-order valence-electron chi connectivity index (χ4n) is 3.48. The van der Waals surface area contributed by atoms with Crippen LogP contribution in [0, 0.1) is 11.3 Å². The Balaban J connectivity index is 2.15. The average molecular weight is 293 g/mol. The van der Waals surface area contributed by atoms with Crippen LogP contribution >= 0.6 is 0 Å². The molecule has 1 fully saturated rings. The van der Waals surface area contributed by atoms with E-state index in [1.54, 1.807) is 0 Å². The number of carboxylic acid groups (broad SMARTS) is 1. The molecule has 0 atom stereocenters. The molecule has 0 amide bonds. The summed E-state index contributed by atoms with van der Waals surface area (Å²) >= 11 is 0. The number of rotatable bonds is 4. The van der Waals surface area contributed by atoms with Crippen molar-refractivity contribution in [1.82, 2.24) is 5.16 Å². The highest BCUT2D eigenvalue weighted by Gasteiger charge is 2.34. The van der Waals surface area contributed by atoms with Crippen molar-refractivity contribution in [3.05, 3.63) is 17.0 Å². The van der Waals surface area contributed by atoms with Crippen LogP contribution in [0.15, 0.2) is 4.52 Å². The Morgan fingerprint density at radius 1 is 1.29 bits per heavy atom. The molecule has 1 aliphatic rings. The highest BCUT2D eigenvalue weighted by molar-refractivity contribution is 5.90. The van der Waals surface area contributed by atoms with Crippen LogP contribution in [0.1, 0.15) is 87.5 Å². The number of nitrogens with zero attached hydrogens (tertiary/aromatic N) is 1. The second kappa shape index (κ2) is 6.20. The zero-order chi connectivity index (χ0) is 15.6. The zero-order valence-corrected chi connectivity index (χ0v) is 13.6. The van der Waals surface area contributed by atoms with E-state index in [0.29, 0.717) is 34.8 Å². The van der Waals surface area contributed by atoms with Gasteiger partial charge in [0.15, 0.2) is 5.76 Å². The monoisotopic (exact) mass is 293 g/mol. The van der Waals surface area contributed by atoms with E-state index >= 15 is 0 Å². The number of carboxylic acids is 1. The lowest BCUT2D eigenvalue weighted by Gasteiger charge is -2.36. The minimum atomic E-state index is -0.896. The van der Waals surface area contributed by atoms with E-state index in [1.807, 2.05) is 6.92 Å². The van der Waals surface area contributed by atoms with Crippen molar-refractivity contribution >= 4 is 5.97 Å². The van der Waals surface area contributed by atoms with Crippen molar-refractivity contribution in [3.63, 3.8) is 0 Å². The molecule has 1 aromatic rings. The van der Waals surface area contributed by atoms with Gasteiger partial charge in [-0.2, -0.15) is 0 Å². The molecular weight excluding hydrogens is 266 g/mol. The predicted octanol–water partition coefficient (Wildman–Crippen LogP) is 4.65. The Morgan fingerprint density at radius 3 is 2.38 bits per heavy atom. The van der Waals surface area contributed by atoms with Gasteiger partial charge in [0.1, 0.15) is 11.3 Å². The SMILES string of the molecule is CCCc1onc(C2CCC(C(C)(C)C)CC2)c1C(=O)O. The number of hydrogen-bond donors (Lipinski definition) is 1. The molecule has 1 aliphatic carbocycles. The van der Waals surface area contributed by atoms with Gasteiger partial charge in [-0.15, -0.1) is 0 Å². The lowest BCUT2D eigenvalue weighted by Crippen LogP contribution is -2.25. The zero-order valence-electron chi connectivity index (χ0n) is 13.6. The van der Waals surface area contributed by atoms with Crippen LogP contribution in [-0.4, -0.2) is 16.2 Å². The Kier molecular flexibility index (Phi) is 4.74. The molecule has 0 bridgehead atoms. The first kappa shape index (κ1) is 16.1. The molecule has 0 saturated heterocycles. The molecule has 0 unspecified atom stereocenters. The highest BCUT2D eigenvalue weighted by atomic mass is 16.5. The summed E-state index contributed by atoms with van der Waals surface area (Å²) in [6, 6.07) is 0. The van der Waals surface area contributed by atoms with Crippen molar-refractivity contribution in [2.24, 2.45) is 11.3 Å². The van der Waals surface area contributed by atoms with E-state index in [-0.39, 0.29) is 5.92 Å². The number of hydrogen-bond acceptors (Lipinski definition) is 3. The van der Waals surface area contributed by atoms with Gasteiger partial charge in [0, 0.05) is 12.3 Å². The van der Waals surface area contributed by atoms with Crippen molar-refractivity contribution in [2.45, 2.75) is 72.1 Å². The van der Waals surface area contributed by atoms with Gasteiger partial charge in [-0.3, -0.25) is 0 Å². The van der Waals surface area contributed by atoms with E-state index < -0.39 is 5.97 Å². The van der Waals surface area contributed by atoms with E-state index in [1.165, 1.54) is 0 Å². The van der Waals surface area contributed by atoms with Crippen LogP contribution in [0.25, 0.3) is 0 Å². The summed E-state index contributed by atoms with van der Waals surface area (Å²) in [7, 11) is 0. The third-order valence-electron chi connectivity index (χ3n) is 4.82. The summed E-state index contributed by atoms with van der Waals surface area (Å²) in [4.78, 5) is 11.5. The van der Waals surface area contributed by atoms with Gasteiger partial charge in [-0.1, -0.05) is 32.9 Å². The van der Waals surface area contributed by atoms with Crippen LogP contribution in [-0.2, 0) is 6.42 Å². The van der Waals surface area contributed by atoms with Crippen LogP contribution in [0.3, 0.4) is 0 Å². The summed E-state index contributed by atoms with van der Waals surface area (Å²) in [6.07, 6.45) is 5.82. The molecule has 1 N–H and O–H groups in total. The fourth-order valence-corrected chi connectivity index (χ4v) is 3.48. The number of aromatic carboxylic acids is 1. The maximum Gasteiger partial charge on any atom is 0.341 e. The largest absolute Gasteiger partial charge is 0.477 e. The van der Waals surface area contributed by atoms with Crippen LogP contribution in [0.2, 0.25) is 0 Å². The maximum atomic E-state index is 11.5. The smallest absolute Gasteiger partial charge is 0.341 e. The summed E-state index contributed by atoms with van der Waals surface area (Å²) in [6.45, 7) is 8.88. The van der Waals surface area contributed by atoms with Gasteiger partial charge >= 0.3 is 5.97 Å². The first-order valence-corrected chi connectivity index (χ1v) is 8.06. The van der Waals surface area contributed by atoms with Gasteiger partial charge in [0.25, 0.3) is 0 Å². The third kappa shape index (κ3) is 3.47. The maximum absolute atomic E-state index is 11.5. The molecule has 2 rings (SSSR count). The Bertz CT molecular complexity index is 491. The van der Waals surface area contributed by atoms with Crippen molar-refractivity contribution in [3.8, 4) is 0 Å². The van der Waals surface area contributed by atoms with Crippen molar-refractivity contribution in [2.75, 3.05) is 0 Å². The van der Waals surface area contributed by atoms with Crippen LogP contribution < -0.4 is 0 Å². The number of carbonyl (C=O) groups is 1. The molecule has 1 saturated carbocycles. The number of aryl methyl sites for hydroxylation is 1. The Hall–Kier alpha value is -1.32. The quantitative estimate of drug-likeness (QED) is 0.878. The molecule has 0 spiro atoms. The topological polar surface area (TPSA) is 63.3 Å². The molecule has 0 aliphatic heterocycles. The van der Waals surface area contributed by atoms with Crippen LogP contribution in [0.5, 0.6) is 0 Å².